The molecule has 1 saturated carbocycles. The number of carbonyl (C=O) groups excluding carboxylic acids is 1. The van der Waals surface area contributed by atoms with Gasteiger partial charge in [-0.25, -0.2) is 0 Å². The summed E-state index contributed by atoms with van der Waals surface area (Å²) in [7, 11) is 1.84. The Kier molecular flexibility index (Phi) is 4.86. The predicted octanol–water partition coefficient (Wildman–Crippen LogP) is 3.12. The summed E-state index contributed by atoms with van der Waals surface area (Å²) in [5.41, 5.74) is 2.47. The van der Waals surface area contributed by atoms with Crippen molar-refractivity contribution in [1.29, 1.82) is 0 Å². The number of nitrogens with zero attached hydrogens (tertiary/aromatic N) is 2. The minimum atomic E-state index is -0.915. The van der Waals surface area contributed by atoms with Crippen molar-refractivity contribution < 1.29 is 14.7 Å². The van der Waals surface area contributed by atoms with Crippen molar-refractivity contribution >= 4 is 22.6 Å². The van der Waals surface area contributed by atoms with Crippen molar-refractivity contribution in [3.63, 3.8) is 0 Å². The smallest absolute Gasteiger partial charge is 0.308 e. The third-order valence-electron chi connectivity index (χ3n) is 5.40. The molecule has 0 spiro atoms. The number of fused-ring (bicyclic) bond motifs is 1. The quantitative estimate of drug-likeness (QED) is 0.663. The van der Waals surface area contributed by atoms with Crippen LogP contribution in [0.5, 0.6) is 0 Å². The standard InChI is InChI=1S/C22H23N3O3/c1-25-20(15-9-10-15)19(13-24-25)21(26)23-12-17(22(27)28)11-16-7-4-6-14-5-2-3-8-18(14)16/h2-8,13,15,17H,9-12H2,1H3,(H,23,26)(H,27,28). The normalized spacial score (nSPS) is 14.8. The maximum atomic E-state index is 12.6. The number of nitrogens with one attached hydrogen (secondary N) is 1. The number of aryl methyl sites for hydroxylation is 1. The molecule has 28 heavy (non-hydrogen) atoms. The SMILES string of the molecule is Cn1ncc(C(=O)NCC(Cc2cccc3ccccc23)C(=O)O)c1C1CC1. The Morgan fingerprint density at radius 3 is 2.71 bits per heavy atom. The highest BCUT2D eigenvalue weighted by atomic mass is 16.4. The topological polar surface area (TPSA) is 84.2 Å². The molecule has 1 aromatic heterocycles. The molecule has 6 nitrogen and oxygen atoms in total. The predicted molar refractivity (Wildman–Crippen MR) is 106 cm³/mol. The number of carboxylic acid groups (broad SMARTS) is 1. The summed E-state index contributed by atoms with van der Waals surface area (Å²) < 4.78 is 1.75. The first kappa shape index (κ1) is 18.2. The van der Waals surface area contributed by atoms with Crippen molar-refractivity contribution in [2.75, 3.05) is 6.54 Å². The Morgan fingerprint density at radius 2 is 1.96 bits per heavy atom. The van der Waals surface area contributed by atoms with Crippen molar-refractivity contribution in [3.8, 4) is 0 Å². The van der Waals surface area contributed by atoms with E-state index in [1.165, 1.54) is 0 Å². The molecule has 2 aromatic carbocycles. The maximum Gasteiger partial charge on any atom is 0.308 e. The van der Waals surface area contributed by atoms with Gasteiger partial charge in [0.15, 0.2) is 0 Å². The van der Waals surface area contributed by atoms with Crippen molar-refractivity contribution in [2.24, 2.45) is 13.0 Å². The highest BCUT2D eigenvalue weighted by molar-refractivity contribution is 5.95. The van der Waals surface area contributed by atoms with E-state index in [1.807, 2.05) is 49.5 Å². The lowest BCUT2D eigenvalue weighted by Gasteiger charge is -2.15. The van der Waals surface area contributed by atoms with E-state index in [-0.39, 0.29) is 12.5 Å². The molecule has 6 heteroatoms. The van der Waals surface area contributed by atoms with Crippen LogP contribution in [0, 0.1) is 5.92 Å². The van der Waals surface area contributed by atoms with Gasteiger partial charge < -0.3 is 10.4 Å². The lowest BCUT2D eigenvalue weighted by molar-refractivity contribution is -0.141. The molecule has 1 fully saturated rings. The Labute approximate surface area is 163 Å². The fourth-order valence-electron chi connectivity index (χ4n) is 3.76. The van der Waals surface area contributed by atoms with Crippen LogP contribution in [-0.4, -0.2) is 33.3 Å². The van der Waals surface area contributed by atoms with Crippen LogP contribution in [0.1, 0.15) is 40.4 Å². The highest BCUT2D eigenvalue weighted by Crippen LogP contribution is 2.41. The molecule has 1 aliphatic rings. The van der Waals surface area contributed by atoms with Gasteiger partial charge in [0.2, 0.25) is 0 Å². The van der Waals surface area contributed by atoms with E-state index in [0.717, 1.165) is 34.9 Å². The number of hydrogen-bond acceptors (Lipinski definition) is 3. The Bertz CT molecular complexity index is 1030. The van der Waals surface area contributed by atoms with Crippen molar-refractivity contribution in [2.45, 2.75) is 25.2 Å². The molecule has 0 saturated heterocycles. The average molecular weight is 377 g/mol. The third kappa shape index (κ3) is 3.63. The van der Waals surface area contributed by atoms with E-state index in [0.29, 0.717) is 17.9 Å². The van der Waals surface area contributed by atoms with Crippen LogP contribution in [0.15, 0.2) is 48.7 Å². The molecule has 1 amide bonds. The molecular formula is C22H23N3O3. The lowest BCUT2D eigenvalue weighted by atomic mass is 9.94. The van der Waals surface area contributed by atoms with E-state index >= 15 is 0 Å². The van der Waals surface area contributed by atoms with Gasteiger partial charge in [-0.05, 0) is 35.6 Å². The van der Waals surface area contributed by atoms with E-state index in [4.69, 9.17) is 0 Å². The maximum absolute atomic E-state index is 12.6. The third-order valence-corrected chi connectivity index (χ3v) is 5.40. The molecule has 1 atom stereocenters. The van der Waals surface area contributed by atoms with Gasteiger partial charge in [0.1, 0.15) is 0 Å². The van der Waals surface area contributed by atoms with Crippen LogP contribution in [-0.2, 0) is 18.3 Å². The van der Waals surface area contributed by atoms with E-state index < -0.39 is 11.9 Å². The summed E-state index contributed by atoms with van der Waals surface area (Å²) in [4.78, 5) is 24.5. The average Bonchev–Trinajstić information content (AvgIpc) is 3.46. The minimum absolute atomic E-state index is 0.0798. The fourth-order valence-corrected chi connectivity index (χ4v) is 3.76. The number of rotatable bonds is 7. The zero-order chi connectivity index (χ0) is 19.7. The molecule has 0 bridgehead atoms. The first-order valence-corrected chi connectivity index (χ1v) is 9.54. The summed E-state index contributed by atoms with van der Waals surface area (Å²) >= 11 is 0. The zero-order valence-corrected chi connectivity index (χ0v) is 15.8. The van der Waals surface area contributed by atoms with Crippen LogP contribution in [0.3, 0.4) is 0 Å². The van der Waals surface area contributed by atoms with Crippen LogP contribution in [0.2, 0.25) is 0 Å². The van der Waals surface area contributed by atoms with Gasteiger partial charge in [-0.3, -0.25) is 14.3 Å². The Morgan fingerprint density at radius 1 is 1.21 bits per heavy atom. The molecule has 1 unspecified atom stereocenters. The first-order chi connectivity index (χ1) is 13.5. The molecule has 2 N–H and O–H groups in total. The van der Waals surface area contributed by atoms with Gasteiger partial charge in [0, 0.05) is 19.5 Å². The summed E-state index contributed by atoms with van der Waals surface area (Å²) in [6.07, 6.45) is 4.07. The van der Waals surface area contributed by atoms with E-state index in [1.54, 1.807) is 10.9 Å². The summed E-state index contributed by atoms with van der Waals surface area (Å²) in [5.74, 6) is -1.48. The molecule has 4 rings (SSSR count). The number of hydrogen-bond donors (Lipinski definition) is 2. The Hall–Kier alpha value is -3.15. The van der Waals surface area contributed by atoms with E-state index in [2.05, 4.69) is 10.4 Å². The number of amides is 1. The minimum Gasteiger partial charge on any atom is -0.481 e. The number of aromatic nitrogens is 2. The van der Waals surface area contributed by atoms with Gasteiger partial charge in [0.05, 0.1) is 23.4 Å². The van der Waals surface area contributed by atoms with Crippen LogP contribution < -0.4 is 5.32 Å². The van der Waals surface area contributed by atoms with Gasteiger partial charge in [0.25, 0.3) is 5.91 Å². The molecule has 3 aromatic rings. The molecule has 0 radical (unpaired) electrons. The molecule has 144 valence electrons. The Balaban J connectivity index is 1.48. The van der Waals surface area contributed by atoms with Gasteiger partial charge >= 0.3 is 5.97 Å². The van der Waals surface area contributed by atoms with Crippen molar-refractivity contribution in [1.82, 2.24) is 15.1 Å². The fraction of sp³-hybridized carbons (Fsp3) is 0.318. The number of carbonyl (C=O) groups is 2. The monoisotopic (exact) mass is 377 g/mol. The number of aliphatic carboxylic acids is 1. The second-order valence-corrected chi connectivity index (χ2v) is 7.43. The van der Waals surface area contributed by atoms with Crippen LogP contribution in [0.4, 0.5) is 0 Å². The second-order valence-electron chi connectivity index (χ2n) is 7.43. The van der Waals surface area contributed by atoms with Crippen LogP contribution >= 0.6 is 0 Å². The summed E-state index contributed by atoms with van der Waals surface area (Å²) in [5, 5.41) is 18.8. The first-order valence-electron chi connectivity index (χ1n) is 9.54. The van der Waals surface area contributed by atoms with Crippen molar-refractivity contribution in [3.05, 3.63) is 65.5 Å². The molecule has 0 aliphatic heterocycles. The summed E-state index contributed by atoms with van der Waals surface area (Å²) in [6, 6.07) is 13.8. The van der Waals surface area contributed by atoms with E-state index in [9.17, 15) is 14.7 Å². The largest absolute Gasteiger partial charge is 0.481 e. The number of benzene rings is 2. The second kappa shape index (κ2) is 7.46. The van der Waals surface area contributed by atoms with Gasteiger partial charge in [-0.2, -0.15) is 5.10 Å². The zero-order valence-electron chi connectivity index (χ0n) is 15.8. The molecule has 1 heterocycles. The summed E-state index contributed by atoms with van der Waals surface area (Å²) in [6.45, 7) is 0.0798. The number of carboxylic acids is 1. The molecule has 1 aliphatic carbocycles. The van der Waals surface area contributed by atoms with Crippen LogP contribution in [0.25, 0.3) is 10.8 Å². The molecular weight excluding hydrogens is 354 g/mol. The van der Waals surface area contributed by atoms with Gasteiger partial charge in [-0.15, -0.1) is 0 Å². The van der Waals surface area contributed by atoms with Gasteiger partial charge in [-0.1, -0.05) is 42.5 Å². The lowest BCUT2D eigenvalue weighted by Crippen LogP contribution is -2.34. The highest BCUT2D eigenvalue weighted by Gasteiger charge is 2.32.